The van der Waals surface area contributed by atoms with Crippen LogP contribution in [0.5, 0.6) is 0 Å². The van der Waals surface area contributed by atoms with Crippen molar-refractivity contribution in [1.29, 1.82) is 0 Å². The standard InChI is InChI=1S/C10H13FN2O/c1-7(2)12-10(14)13-9-5-3-4-8(11)6-9/h3-7H,1-2H3,(H2,12,13,14). The van der Waals surface area contributed by atoms with Crippen molar-refractivity contribution in [2.75, 3.05) is 5.32 Å². The summed E-state index contributed by atoms with van der Waals surface area (Å²) in [5, 5.41) is 5.16. The first-order chi connectivity index (χ1) is 6.58. The Labute approximate surface area is 82.3 Å². The van der Waals surface area contributed by atoms with Crippen molar-refractivity contribution in [2.45, 2.75) is 19.9 Å². The number of carbonyl (C=O) groups is 1. The number of nitrogens with one attached hydrogen (secondary N) is 2. The Bertz CT molecular complexity index is 326. The van der Waals surface area contributed by atoms with Gasteiger partial charge in [-0.2, -0.15) is 0 Å². The van der Waals surface area contributed by atoms with Crippen LogP contribution in [0.2, 0.25) is 0 Å². The molecule has 0 aliphatic rings. The number of halogens is 1. The molecule has 0 radical (unpaired) electrons. The highest BCUT2D eigenvalue weighted by molar-refractivity contribution is 5.89. The van der Waals surface area contributed by atoms with Crippen molar-refractivity contribution in [3.05, 3.63) is 30.1 Å². The van der Waals surface area contributed by atoms with Gasteiger partial charge in [0.2, 0.25) is 0 Å². The van der Waals surface area contributed by atoms with E-state index in [1.165, 1.54) is 12.1 Å². The fourth-order valence-electron chi connectivity index (χ4n) is 0.996. The first-order valence-electron chi connectivity index (χ1n) is 4.41. The zero-order valence-corrected chi connectivity index (χ0v) is 8.17. The molecule has 0 saturated carbocycles. The van der Waals surface area contributed by atoms with Gasteiger partial charge in [-0.3, -0.25) is 0 Å². The van der Waals surface area contributed by atoms with Gasteiger partial charge in [-0.25, -0.2) is 9.18 Å². The van der Waals surface area contributed by atoms with E-state index in [-0.39, 0.29) is 17.9 Å². The molecular formula is C10H13FN2O. The molecule has 76 valence electrons. The van der Waals surface area contributed by atoms with Crippen LogP contribution in [0.1, 0.15) is 13.8 Å². The van der Waals surface area contributed by atoms with Crippen LogP contribution in [0.25, 0.3) is 0 Å². The number of amides is 2. The maximum Gasteiger partial charge on any atom is 0.319 e. The summed E-state index contributed by atoms with van der Waals surface area (Å²) in [5.41, 5.74) is 0.447. The number of hydrogen-bond donors (Lipinski definition) is 2. The Balaban J connectivity index is 2.56. The molecule has 0 aromatic heterocycles. The minimum Gasteiger partial charge on any atom is -0.336 e. The van der Waals surface area contributed by atoms with Gasteiger partial charge in [0.05, 0.1) is 0 Å². The lowest BCUT2D eigenvalue weighted by Gasteiger charge is -2.09. The Morgan fingerprint density at radius 3 is 2.71 bits per heavy atom. The third-order valence-electron chi connectivity index (χ3n) is 1.50. The van der Waals surface area contributed by atoms with E-state index in [4.69, 9.17) is 0 Å². The first kappa shape index (κ1) is 10.5. The Morgan fingerprint density at radius 2 is 2.14 bits per heavy atom. The Morgan fingerprint density at radius 1 is 1.43 bits per heavy atom. The third-order valence-corrected chi connectivity index (χ3v) is 1.50. The van der Waals surface area contributed by atoms with Gasteiger partial charge < -0.3 is 10.6 Å². The zero-order valence-electron chi connectivity index (χ0n) is 8.17. The summed E-state index contributed by atoms with van der Waals surface area (Å²) >= 11 is 0. The van der Waals surface area contributed by atoms with Gasteiger partial charge in [-0.05, 0) is 32.0 Å². The van der Waals surface area contributed by atoms with Gasteiger partial charge >= 0.3 is 6.03 Å². The van der Waals surface area contributed by atoms with E-state index in [9.17, 15) is 9.18 Å². The van der Waals surface area contributed by atoms with E-state index in [2.05, 4.69) is 10.6 Å². The second-order valence-corrected chi connectivity index (χ2v) is 3.26. The van der Waals surface area contributed by atoms with Crippen molar-refractivity contribution < 1.29 is 9.18 Å². The second kappa shape index (κ2) is 4.60. The molecule has 1 aromatic rings. The second-order valence-electron chi connectivity index (χ2n) is 3.26. The predicted molar refractivity (Wildman–Crippen MR) is 53.7 cm³/mol. The molecule has 0 unspecified atom stereocenters. The number of urea groups is 1. The minimum atomic E-state index is -0.368. The van der Waals surface area contributed by atoms with Crippen LogP contribution in [-0.2, 0) is 0 Å². The van der Waals surface area contributed by atoms with Gasteiger partial charge in [0.25, 0.3) is 0 Å². The van der Waals surface area contributed by atoms with E-state index in [1.54, 1.807) is 12.1 Å². The number of benzene rings is 1. The van der Waals surface area contributed by atoms with Gasteiger partial charge in [-0.15, -0.1) is 0 Å². The molecule has 2 amide bonds. The van der Waals surface area contributed by atoms with E-state index in [0.717, 1.165) is 0 Å². The molecule has 0 aliphatic carbocycles. The van der Waals surface area contributed by atoms with Gasteiger partial charge in [0.15, 0.2) is 0 Å². The Kier molecular flexibility index (Phi) is 3.45. The highest BCUT2D eigenvalue weighted by Gasteiger charge is 2.02. The predicted octanol–water partition coefficient (Wildman–Crippen LogP) is 2.36. The number of carbonyl (C=O) groups excluding carboxylic acids is 1. The van der Waals surface area contributed by atoms with Crippen molar-refractivity contribution >= 4 is 11.7 Å². The van der Waals surface area contributed by atoms with E-state index < -0.39 is 0 Å². The van der Waals surface area contributed by atoms with Crippen molar-refractivity contribution in [2.24, 2.45) is 0 Å². The van der Waals surface area contributed by atoms with E-state index in [1.807, 2.05) is 13.8 Å². The molecule has 0 spiro atoms. The van der Waals surface area contributed by atoms with E-state index in [0.29, 0.717) is 5.69 Å². The lowest BCUT2D eigenvalue weighted by atomic mass is 10.3. The van der Waals surface area contributed by atoms with E-state index >= 15 is 0 Å². The number of rotatable bonds is 2. The summed E-state index contributed by atoms with van der Waals surface area (Å²) < 4.78 is 12.7. The monoisotopic (exact) mass is 196 g/mol. The fraction of sp³-hybridized carbons (Fsp3) is 0.300. The quantitative estimate of drug-likeness (QED) is 0.749. The molecule has 1 rings (SSSR count). The van der Waals surface area contributed by atoms with Crippen molar-refractivity contribution in [1.82, 2.24) is 5.32 Å². The molecule has 4 heteroatoms. The molecule has 3 nitrogen and oxygen atoms in total. The lowest BCUT2D eigenvalue weighted by molar-refractivity contribution is 0.250. The molecular weight excluding hydrogens is 183 g/mol. The largest absolute Gasteiger partial charge is 0.336 e. The summed E-state index contributed by atoms with van der Waals surface area (Å²) in [7, 11) is 0. The smallest absolute Gasteiger partial charge is 0.319 e. The Hall–Kier alpha value is -1.58. The summed E-state index contributed by atoms with van der Waals surface area (Å²) in [6.45, 7) is 3.70. The normalized spacial score (nSPS) is 10.0. The topological polar surface area (TPSA) is 41.1 Å². The molecule has 0 bridgehead atoms. The van der Waals surface area contributed by atoms with Gasteiger partial charge in [-0.1, -0.05) is 6.07 Å². The average molecular weight is 196 g/mol. The third kappa shape index (κ3) is 3.43. The fourth-order valence-corrected chi connectivity index (χ4v) is 0.996. The van der Waals surface area contributed by atoms with Gasteiger partial charge in [0, 0.05) is 11.7 Å². The van der Waals surface area contributed by atoms with Crippen LogP contribution in [0.4, 0.5) is 14.9 Å². The molecule has 0 atom stereocenters. The minimum absolute atomic E-state index is 0.0589. The lowest BCUT2D eigenvalue weighted by Crippen LogP contribution is -2.34. The average Bonchev–Trinajstić information content (AvgIpc) is 2.01. The van der Waals surface area contributed by atoms with Crippen LogP contribution < -0.4 is 10.6 Å². The van der Waals surface area contributed by atoms with Crippen LogP contribution in [0.3, 0.4) is 0 Å². The van der Waals surface area contributed by atoms with Crippen molar-refractivity contribution in [3.63, 3.8) is 0 Å². The van der Waals surface area contributed by atoms with Crippen LogP contribution >= 0.6 is 0 Å². The van der Waals surface area contributed by atoms with Gasteiger partial charge in [0.1, 0.15) is 5.82 Å². The van der Waals surface area contributed by atoms with Crippen molar-refractivity contribution in [3.8, 4) is 0 Å². The molecule has 1 aromatic carbocycles. The zero-order chi connectivity index (χ0) is 10.6. The molecule has 0 fully saturated rings. The highest BCUT2D eigenvalue weighted by Crippen LogP contribution is 2.08. The van der Waals surface area contributed by atoms with Crippen LogP contribution in [-0.4, -0.2) is 12.1 Å². The van der Waals surface area contributed by atoms with Crippen LogP contribution in [0.15, 0.2) is 24.3 Å². The maximum absolute atomic E-state index is 12.7. The summed E-state index contributed by atoms with van der Waals surface area (Å²) in [6, 6.07) is 5.49. The molecule has 0 aliphatic heterocycles. The summed E-state index contributed by atoms with van der Waals surface area (Å²) in [6.07, 6.45) is 0. The molecule has 0 heterocycles. The van der Waals surface area contributed by atoms with Crippen LogP contribution in [0, 0.1) is 5.82 Å². The SMILES string of the molecule is CC(C)NC(=O)Nc1cccc(F)c1. The number of hydrogen-bond acceptors (Lipinski definition) is 1. The summed E-state index contributed by atoms with van der Waals surface area (Å²) in [5.74, 6) is -0.368. The highest BCUT2D eigenvalue weighted by atomic mass is 19.1. The summed E-state index contributed by atoms with van der Waals surface area (Å²) in [4.78, 5) is 11.2. The molecule has 2 N–H and O–H groups in total. The molecule has 14 heavy (non-hydrogen) atoms. The number of anilines is 1. The molecule has 0 saturated heterocycles. The maximum atomic E-state index is 12.7. The first-order valence-corrected chi connectivity index (χ1v) is 4.41.